The van der Waals surface area contributed by atoms with Crippen LogP contribution in [0.2, 0.25) is 0 Å². The van der Waals surface area contributed by atoms with Crippen LogP contribution in [0.4, 0.5) is 0 Å². The third-order valence-electron chi connectivity index (χ3n) is 4.61. The van der Waals surface area contributed by atoms with Gasteiger partial charge in [-0.1, -0.05) is 84.0 Å². The van der Waals surface area contributed by atoms with Gasteiger partial charge in [-0.3, -0.25) is 14.9 Å². The average Bonchev–Trinajstić information content (AvgIpc) is 2.62. The second-order valence-corrected chi connectivity index (χ2v) is 7.41. The fraction of sp³-hybridized carbons (Fsp3) is 0.857. The molecule has 0 saturated heterocycles. The van der Waals surface area contributed by atoms with E-state index in [0.29, 0.717) is 6.42 Å². The van der Waals surface area contributed by atoms with E-state index in [1.54, 1.807) is 0 Å². The number of aliphatic carboxylic acids is 1. The Hall–Kier alpha value is -1.43. The number of carbonyl (C=O) groups is 3. The van der Waals surface area contributed by atoms with Crippen LogP contribution < -0.4 is 10.6 Å². The lowest BCUT2D eigenvalue weighted by molar-refractivity contribution is -0.142. The lowest BCUT2D eigenvalue weighted by Crippen LogP contribution is -2.51. The molecule has 0 aromatic carbocycles. The summed E-state index contributed by atoms with van der Waals surface area (Å²) in [6.07, 6.45) is 15.2. The van der Waals surface area contributed by atoms with Crippen molar-refractivity contribution in [2.24, 2.45) is 0 Å². The van der Waals surface area contributed by atoms with Crippen molar-refractivity contribution in [3.05, 3.63) is 0 Å². The molecule has 0 spiro atoms. The van der Waals surface area contributed by atoms with E-state index in [2.05, 4.69) is 17.6 Å². The van der Waals surface area contributed by atoms with E-state index >= 15 is 0 Å². The molecule has 6 heteroatoms. The first-order valence-electron chi connectivity index (χ1n) is 10.7. The Balaban J connectivity index is 3.51. The van der Waals surface area contributed by atoms with Crippen LogP contribution in [-0.4, -0.2) is 35.5 Å². The van der Waals surface area contributed by atoms with Crippen LogP contribution in [-0.2, 0) is 14.4 Å². The van der Waals surface area contributed by atoms with Gasteiger partial charge >= 0.3 is 5.97 Å². The predicted molar refractivity (Wildman–Crippen MR) is 109 cm³/mol. The second-order valence-electron chi connectivity index (χ2n) is 7.41. The number of amides is 1. The number of carboxylic acids is 1. The van der Waals surface area contributed by atoms with E-state index in [9.17, 15) is 14.4 Å². The first-order valence-corrected chi connectivity index (χ1v) is 10.7. The number of carboxylic acid groups (broad SMARTS) is 1. The molecule has 0 fully saturated rings. The highest BCUT2D eigenvalue weighted by atomic mass is 16.4. The number of rotatable bonds is 19. The largest absolute Gasteiger partial charge is 0.479 e. The minimum atomic E-state index is -1.21. The molecule has 0 unspecified atom stereocenters. The summed E-state index contributed by atoms with van der Waals surface area (Å²) in [4.78, 5) is 33.7. The van der Waals surface area contributed by atoms with Crippen LogP contribution in [0.3, 0.4) is 0 Å². The molecule has 0 aliphatic heterocycles. The number of nitrogens with one attached hydrogen (secondary N) is 2. The second kappa shape index (κ2) is 18.0. The van der Waals surface area contributed by atoms with Gasteiger partial charge in [0.15, 0.2) is 6.17 Å². The van der Waals surface area contributed by atoms with Crippen LogP contribution >= 0.6 is 0 Å². The number of hydrogen-bond acceptors (Lipinski definition) is 4. The number of hydrogen-bond donors (Lipinski definition) is 3. The summed E-state index contributed by atoms with van der Waals surface area (Å²) < 4.78 is 0. The van der Waals surface area contributed by atoms with Crippen LogP contribution in [0.15, 0.2) is 0 Å². The molecule has 0 aliphatic rings. The molecule has 6 nitrogen and oxygen atoms in total. The van der Waals surface area contributed by atoms with Crippen molar-refractivity contribution in [3.63, 3.8) is 0 Å². The van der Waals surface area contributed by atoms with Crippen molar-refractivity contribution in [2.75, 3.05) is 6.54 Å². The molecule has 0 aromatic rings. The third-order valence-corrected chi connectivity index (χ3v) is 4.61. The summed E-state index contributed by atoms with van der Waals surface area (Å²) >= 11 is 0. The van der Waals surface area contributed by atoms with Crippen LogP contribution in [0.25, 0.3) is 0 Å². The first-order chi connectivity index (χ1) is 13.0. The van der Waals surface area contributed by atoms with Gasteiger partial charge in [-0.2, -0.15) is 0 Å². The number of Topliss-reactive ketones (excluding diaryl/α,β-unsaturated/α-hetero) is 1. The monoisotopic (exact) mass is 384 g/mol. The molecule has 1 amide bonds. The zero-order valence-corrected chi connectivity index (χ0v) is 17.4. The predicted octanol–water partition coefficient (Wildman–Crippen LogP) is 4.17. The summed E-state index contributed by atoms with van der Waals surface area (Å²) in [5, 5.41) is 14.0. The molecule has 0 radical (unpaired) electrons. The van der Waals surface area contributed by atoms with E-state index in [1.165, 1.54) is 71.1 Å². The quantitative estimate of drug-likeness (QED) is 0.229. The molecular formula is C21H40N2O4. The summed E-state index contributed by atoms with van der Waals surface area (Å²) in [6, 6.07) is 0. The van der Waals surface area contributed by atoms with Crippen LogP contribution in [0.5, 0.6) is 0 Å². The summed E-state index contributed by atoms with van der Waals surface area (Å²) in [5.41, 5.74) is 0. The van der Waals surface area contributed by atoms with Gasteiger partial charge in [0.05, 0.1) is 6.54 Å². The highest BCUT2D eigenvalue weighted by molar-refractivity contribution is 5.84. The maximum Gasteiger partial charge on any atom is 0.341 e. The van der Waals surface area contributed by atoms with Gasteiger partial charge in [0, 0.05) is 6.42 Å². The Morgan fingerprint density at radius 2 is 1.22 bits per heavy atom. The highest BCUT2D eigenvalue weighted by Gasteiger charge is 2.19. The van der Waals surface area contributed by atoms with Crippen molar-refractivity contribution in [3.8, 4) is 0 Å². The Bertz CT molecular complexity index is 413. The summed E-state index contributed by atoms with van der Waals surface area (Å²) in [6.45, 7) is 3.53. The van der Waals surface area contributed by atoms with E-state index in [4.69, 9.17) is 5.11 Å². The SMILES string of the molecule is CCCCCCCCCCCCCCCC(=O)N[C@@H](NCC(C)=O)C(=O)O. The van der Waals surface area contributed by atoms with Crippen molar-refractivity contribution in [1.29, 1.82) is 0 Å². The minimum Gasteiger partial charge on any atom is -0.479 e. The van der Waals surface area contributed by atoms with E-state index in [1.807, 2.05) is 0 Å². The summed E-state index contributed by atoms with van der Waals surface area (Å²) in [5.74, 6) is -1.65. The number of carbonyl (C=O) groups excluding carboxylic acids is 2. The molecule has 1 atom stereocenters. The van der Waals surface area contributed by atoms with Crippen LogP contribution in [0, 0.1) is 0 Å². The van der Waals surface area contributed by atoms with Gasteiger partial charge in [0.1, 0.15) is 5.78 Å². The van der Waals surface area contributed by atoms with Crippen molar-refractivity contribution in [1.82, 2.24) is 10.6 Å². The standard InChI is InChI=1S/C21H40N2O4/c1-3-4-5-6-7-8-9-10-11-12-13-14-15-16-19(25)23-20(21(26)27)22-17-18(2)24/h20,22H,3-17H2,1-2H3,(H,23,25)(H,26,27)/t20-/m1/s1. The lowest BCUT2D eigenvalue weighted by atomic mass is 10.0. The van der Waals surface area contributed by atoms with Gasteiger partial charge in [-0.15, -0.1) is 0 Å². The van der Waals surface area contributed by atoms with Crippen molar-refractivity contribution >= 4 is 17.7 Å². The molecule has 3 N–H and O–H groups in total. The third kappa shape index (κ3) is 17.7. The Kier molecular flexibility index (Phi) is 17.0. The zero-order valence-electron chi connectivity index (χ0n) is 17.4. The molecule has 27 heavy (non-hydrogen) atoms. The minimum absolute atomic E-state index is 0.0734. The Morgan fingerprint density at radius 1 is 0.778 bits per heavy atom. The molecule has 0 saturated carbocycles. The van der Waals surface area contributed by atoms with E-state index in [0.717, 1.165) is 19.3 Å². The van der Waals surface area contributed by atoms with Gasteiger partial charge < -0.3 is 10.4 Å². The average molecular weight is 385 g/mol. The lowest BCUT2D eigenvalue weighted by Gasteiger charge is -2.15. The molecule has 0 aromatic heterocycles. The Labute approximate surface area is 164 Å². The topological polar surface area (TPSA) is 95.5 Å². The van der Waals surface area contributed by atoms with E-state index < -0.39 is 12.1 Å². The molecule has 158 valence electrons. The Morgan fingerprint density at radius 3 is 1.63 bits per heavy atom. The molecule has 0 rings (SSSR count). The van der Waals surface area contributed by atoms with E-state index in [-0.39, 0.29) is 18.2 Å². The smallest absolute Gasteiger partial charge is 0.341 e. The van der Waals surface area contributed by atoms with Gasteiger partial charge in [-0.05, 0) is 13.3 Å². The summed E-state index contributed by atoms with van der Waals surface area (Å²) in [7, 11) is 0. The normalized spacial score (nSPS) is 11.9. The van der Waals surface area contributed by atoms with Crippen molar-refractivity contribution < 1.29 is 19.5 Å². The highest BCUT2D eigenvalue weighted by Crippen LogP contribution is 2.12. The maximum atomic E-state index is 11.8. The molecule has 0 aliphatic carbocycles. The molecule has 0 bridgehead atoms. The number of unbranched alkanes of at least 4 members (excludes halogenated alkanes) is 12. The zero-order chi connectivity index (χ0) is 20.3. The van der Waals surface area contributed by atoms with Crippen molar-refractivity contribution in [2.45, 2.75) is 110 Å². The number of ketones is 1. The van der Waals surface area contributed by atoms with Gasteiger partial charge in [0.25, 0.3) is 0 Å². The fourth-order valence-corrected chi connectivity index (χ4v) is 2.98. The van der Waals surface area contributed by atoms with Crippen LogP contribution in [0.1, 0.15) is 104 Å². The maximum absolute atomic E-state index is 11.8. The fourth-order valence-electron chi connectivity index (χ4n) is 2.98. The van der Waals surface area contributed by atoms with Gasteiger partial charge in [0.2, 0.25) is 5.91 Å². The molecule has 0 heterocycles. The van der Waals surface area contributed by atoms with Gasteiger partial charge in [-0.25, -0.2) is 4.79 Å². The molecular weight excluding hydrogens is 344 g/mol. The first kappa shape index (κ1) is 25.6.